The number of rotatable bonds is 8. The molecule has 8 heteroatoms. The Labute approximate surface area is 168 Å². The number of carbonyl (C=O) groups is 2. The molecule has 0 radical (unpaired) electrons. The van der Waals surface area contributed by atoms with Crippen LogP contribution in [0.1, 0.15) is 24.0 Å². The molecule has 0 spiro atoms. The molecule has 0 aromatic heterocycles. The van der Waals surface area contributed by atoms with Gasteiger partial charge in [-0.1, -0.05) is 30.3 Å². The lowest BCUT2D eigenvalue weighted by Gasteiger charge is -2.20. The highest BCUT2D eigenvalue weighted by Gasteiger charge is 2.28. The van der Waals surface area contributed by atoms with Gasteiger partial charge in [0.25, 0.3) is 5.69 Å². The average molecular weight is 397 g/mol. The van der Waals surface area contributed by atoms with Crippen molar-refractivity contribution >= 4 is 17.6 Å². The maximum absolute atomic E-state index is 12.7. The number of hydrogen-bond donors (Lipinski definition) is 2. The Morgan fingerprint density at radius 2 is 1.86 bits per heavy atom. The summed E-state index contributed by atoms with van der Waals surface area (Å²) in [5.74, 6) is -0.755. The Morgan fingerprint density at radius 3 is 2.48 bits per heavy atom. The number of ether oxygens (including phenoxy) is 1. The number of nitrogens with zero attached hydrogens (tertiary/aromatic N) is 1. The van der Waals surface area contributed by atoms with Gasteiger partial charge in [-0.25, -0.2) is 4.79 Å². The molecule has 3 rings (SSSR count). The summed E-state index contributed by atoms with van der Waals surface area (Å²) in [6, 6.07) is 14.1. The summed E-state index contributed by atoms with van der Waals surface area (Å²) in [5.41, 5.74) is 1.51. The number of non-ortho nitro benzene ring substituents is 1. The number of nitro benzene ring substituents is 1. The lowest BCUT2D eigenvalue weighted by Crippen LogP contribution is -2.49. The molecule has 0 unspecified atom stereocenters. The van der Waals surface area contributed by atoms with Crippen molar-refractivity contribution in [2.45, 2.75) is 38.0 Å². The lowest BCUT2D eigenvalue weighted by atomic mass is 10.1. The standard InChI is InChI=1S/C21H23N3O5/c25-20(18-7-4-12-22-18)23-19(13-15-5-2-1-3-6-15)21(26)29-14-16-8-10-17(11-9-16)24(27)28/h1-3,5-6,8-11,18-19,22H,4,7,12-14H2,(H,23,25)/t18-,19-/m0/s1. The predicted octanol–water partition coefficient (Wildman–Crippen LogP) is 2.12. The van der Waals surface area contributed by atoms with E-state index >= 15 is 0 Å². The molecule has 2 atom stereocenters. The van der Waals surface area contributed by atoms with Gasteiger partial charge in [0.05, 0.1) is 11.0 Å². The van der Waals surface area contributed by atoms with Crippen molar-refractivity contribution in [3.63, 3.8) is 0 Å². The Kier molecular flexibility index (Phi) is 6.91. The van der Waals surface area contributed by atoms with Gasteiger partial charge < -0.3 is 15.4 Å². The number of nitrogens with one attached hydrogen (secondary N) is 2. The van der Waals surface area contributed by atoms with Crippen LogP contribution in [0.25, 0.3) is 0 Å². The van der Waals surface area contributed by atoms with Crippen LogP contribution in [0.5, 0.6) is 0 Å². The number of hydrogen-bond acceptors (Lipinski definition) is 6. The summed E-state index contributed by atoms with van der Waals surface area (Å²) < 4.78 is 5.38. The Hall–Kier alpha value is -3.26. The molecular formula is C21H23N3O5. The summed E-state index contributed by atoms with van der Waals surface area (Å²) in [4.78, 5) is 35.4. The largest absolute Gasteiger partial charge is 0.459 e. The first kappa shape index (κ1) is 20.5. The van der Waals surface area contributed by atoms with Gasteiger partial charge in [0.2, 0.25) is 5.91 Å². The molecule has 1 aliphatic rings. The van der Waals surface area contributed by atoms with Gasteiger partial charge in [0.15, 0.2) is 0 Å². The monoisotopic (exact) mass is 397 g/mol. The van der Waals surface area contributed by atoms with E-state index in [4.69, 9.17) is 4.74 Å². The quantitative estimate of drug-likeness (QED) is 0.401. The summed E-state index contributed by atoms with van der Waals surface area (Å²) >= 11 is 0. The van der Waals surface area contributed by atoms with Gasteiger partial charge in [-0.15, -0.1) is 0 Å². The van der Waals surface area contributed by atoms with E-state index in [9.17, 15) is 19.7 Å². The third-order valence-corrected chi connectivity index (χ3v) is 4.79. The molecule has 1 heterocycles. The summed E-state index contributed by atoms with van der Waals surface area (Å²) in [6.07, 6.45) is 1.98. The first-order chi connectivity index (χ1) is 14.0. The molecule has 0 bridgehead atoms. The molecule has 0 saturated carbocycles. The van der Waals surface area contributed by atoms with Gasteiger partial charge in [0, 0.05) is 18.6 Å². The predicted molar refractivity (Wildman–Crippen MR) is 106 cm³/mol. The first-order valence-electron chi connectivity index (χ1n) is 9.50. The van der Waals surface area contributed by atoms with Crippen molar-refractivity contribution < 1.29 is 19.2 Å². The van der Waals surface area contributed by atoms with E-state index in [1.165, 1.54) is 12.1 Å². The summed E-state index contributed by atoms with van der Waals surface area (Å²) in [7, 11) is 0. The second-order valence-electron chi connectivity index (χ2n) is 6.93. The fourth-order valence-electron chi connectivity index (χ4n) is 3.19. The van der Waals surface area contributed by atoms with Gasteiger partial charge in [0.1, 0.15) is 12.6 Å². The van der Waals surface area contributed by atoms with Crippen LogP contribution in [0, 0.1) is 10.1 Å². The molecule has 1 saturated heterocycles. The normalized spacial score (nSPS) is 16.8. The van der Waals surface area contributed by atoms with Crippen molar-refractivity contribution in [1.82, 2.24) is 10.6 Å². The maximum Gasteiger partial charge on any atom is 0.329 e. The van der Waals surface area contributed by atoms with Crippen LogP contribution in [0.3, 0.4) is 0 Å². The maximum atomic E-state index is 12.7. The first-order valence-corrected chi connectivity index (χ1v) is 9.50. The molecule has 2 aromatic carbocycles. The van der Waals surface area contributed by atoms with Crippen LogP contribution in [-0.2, 0) is 27.4 Å². The van der Waals surface area contributed by atoms with Crippen molar-refractivity contribution in [2.75, 3.05) is 6.54 Å². The molecule has 152 valence electrons. The third-order valence-electron chi connectivity index (χ3n) is 4.79. The van der Waals surface area contributed by atoms with Crippen molar-refractivity contribution in [1.29, 1.82) is 0 Å². The van der Waals surface area contributed by atoms with Crippen LogP contribution in [0.15, 0.2) is 54.6 Å². The van der Waals surface area contributed by atoms with Gasteiger partial charge in [-0.05, 0) is 42.6 Å². The minimum absolute atomic E-state index is 0.0281. The van der Waals surface area contributed by atoms with Crippen LogP contribution in [0.2, 0.25) is 0 Å². The summed E-state index contributed by atoms with van der Waals surface area (Å²) in [6.45, 7) is 0.756. The Balaban J connectivity index is 1.64. The van der Waals surface area contributed by atoms with E-state index < -0.39 is 16.9 Å². The van der Waals surface area contributed by atoms with Gasteiger partial charge in [-0.3, -0.25) is 14.9 Å². The minimum Gasteiger partial charge on any atom is -0.459 e. The SMILES string of the molecule is O=C(N[C@@H](Cc1ccccc1)C(=O)OCc1ccc([N+](=O)[O-])cc1)[C@@H]1CCCN1. The van der Waals surface area contributed by atoms with E-state index in [0.717, 1.165) is 24.9 Å². The molecule has 1 fully saturated rings. The average Bonchev–Trinajstić information content (AvgIpc) is 3.27. The third kappa shape index (κ3) is 5.86. The number of esters is 1. The van der Waals surface area contributed by atoms with Crippen LogP contribution in [0.4, 0.5) is 5.69 Å². The van der Waals surface area contributed by atoms with Gasteiger partial charge in [-0.2, -0.15) is 0 Å². The van der Waals surface area contributed by atoms with E-state index in [-0.39, 0.29) is 24.2 Å². The Bertz CT molecular complexity index is 848. The zero-order valence-corrected chi connectivity index (χ0v) is 15.9. The lowest BCUT2D eigenvalue weighted by molar-refractivity contribution is -0.384. The van der Waals surface area contributed by atoms with Gasteiger partial charge >= 0.3 is 5.97 Å². The molecule has 8 nitrogen and oxygen atoms in total. The van der Waals surface area contributed by atoms with Crippen molar-refractivity contribution in [3.8, 4) is 0 Å². The highest BCUT2D eigenvalue weighted by Crippen LogP contribution is 2.14. The minimum atomic E-state index is -0.814. The van der Waals surface area contributed by atoms with Crippen molar-refractivity contribution in [3.05, 3.63) is 75.8 Å². The second-order valence-corrected chi connectivity index (χ2v) is 6.93. The molecule has 2 N–H and O–H groups in total. The highest BCUT2D eigenvalue weighted by atomic mass is 16.6. The second kappa shape index (κ2) is 9.79. The van der Waals surface area contributed by atoms with E-state index in [1.54, 1.807) is 12.1 Å². The number of benzene rings is 2. The van der Waals surface area contributed by atoms with E-state index in [0.29, 0.717) is 12.0 Å². The molecule has 2 aromatic rings. The Morgan fingerprint density at radius 1 is 1.14 bits per heavy atom. The fourth-order valence-corrected chi connectivity index (χ4v) is 3.19. The van der Waals surface area contributed by atoms with Crippen LogP contribution in [-0.4, -0.2) is 35.4 Å². The molecule has 1 aliphatic heterocycles. The van der Waals surface area contributed by atoms with Crippen LogP contribution >= 0.6 is 0 Å². The van der Waals surface area contributed by atoms with E-state index in [2.05, 4.69) is 10.6 Å². The number of amides is 1. The molecule has 1 amide bonds. The topological polar surface area (TPSA) is 111 Å². The smallest absolute Gasteiger partial charge is 0.329 e. The zero-order chi connectivity index (χ0) is 20.6. The van der Waals surface area contributed by atoms with E-state index in [1.807, 2.05) is 30.3 Å². The molecular weight excluding hydrogens is 374 g/mol. The van der Waals surface area contributed by atoms with Crippen LogP contribution < -0.4 is 10.6 Å². The van der Waals surface area contributed by atoms with Crippen molar-refractivity contribution in [2.24, 2.45) is 0 Å². The number of nitro groups is 1. The number of carbonyl (C=O) groups excluding carboxylic acids is 2. The molecule has 0 aliphatic carbocycles. The zero-order valence-electron chi connectivity index (χ0n) is 15.9. The molecule has 29 heavy (non-hydrogen) atoms. The summed E-state index contributed by atoms with van der Waals surface area (Å²) in [5, 5.41) is 16.6. The fraction of sp³-hybridized carbons (Fsp3) is 0.333. The highest BCUT2D eigenvalue weighted by molar-refractivity contribution is 5.87.